The lowest BCUT2D eigenvalue weighted by atomic mass is 9.96. The molecule has 1 aliphatic carbocycles. The number of rotatable bonds is 6. The number of hydroxylamine groups is 1. The van der Waals surface area contributed by atoms with Crippen LogP contribution in [0.15, 0.2) is 46.5 Å². The molecule has 184 valence electrons. The van der Waals surface area contributed by atoms with Crippen LogP contribution in [-0.4, -0.2) is 65.7 Å². The number of nitro groups is 1. The molecule has 0 amide bonds. The van der Waals surface area contributed by atoms with Gasteiger partial charge in [-0.05, 0) is 38.1 Å². The van der Waals surface area contributed by atoms with Crippen LogP contribution in [0.3, 0.4) is 0 Å². The van der Waals surface area contributed by atoms with Crippen LogP contribution in [0.1, 0.15) is 19.4 Å². The molecule has 1 aromatic carbocycles. The maximum absolute atomic E-state index is 13.3. The van der Waals surface area contributed by atoms with Gasteiger partial charge in [-0.1, -0.05) is 16.8 Å². The number of nitrogens with one attached hydrogen (secondary N) is 1. The van der Waals surface area contributed by atoms with E-state index in [4.69, 9.17) is 16.5 Å². The largest absolute Gasteiger partial charge is 0.417 e. The van der Waals surface area contributed by atoms with E-state index in [9.17, 15) is 23.3 Å². The minimum absolute atomic E-state index is 0.0954. The summed E-state index contributed by atoms with van der Waals surface area (Å²) >= 11 is 5.75. The number of likely N-dealkylation sites (N-methyl/N-ethyl adjacent to an activating group) is 1. The topological polar surface area (TPSA) is 86.5 Å². The predicted octanol–water partition coefficient (Wildman–Crippen LogP) is 3.47. The summed E-state index contributed by atoms with van der Waals surface area (Å²) in [6, 6.07) is 3.31. The number of hydrogen-bond acceptors (Lipinski definition) is 8. The fourth-order valence-electron chi connectivity index (χ4n) is 4.46. The van der Waals surface area contributed by atoms with E-state index in [-0.39, 0.29) is 16.4 Å². The quantitative estimate of drug-likeness (QED) is 0.473. The van der Waals surface area contributed by atoms with Crippen molar-refractivity contribution in [1.82, 2.24) is 15.3 Å². The molecule has 1 aromatic rings. The number of anilines is 1. The average molecular weight is 501 g/mol. The van der Waals surface area contributed by atoms with Gasteiger partial charge in [-0.15, -0.1) is 5.48 Å². The Morgan fingerprint density at radius 1 is 1.24 bits per heavy atom. The zero-order valence-corrected chi connectivity index (χ0v) is 19.4. The third kappa shape index (κ3) is 4.39. The van der Waals surface area contributed by atoms with Crippen molar-refractivity contribution >= 4 is 23.0 Å². The molecule has 1 saturated heterocycles. The Morgan fingerprint density at radius 2 is 1.88 bits per heavy atom. The lowest BCUT2D eigenvalue weighted by molar-refractivity contribution is -0.417. The second kappa shape index (κ2) is 9.34. The van der Waals surface area contributed by atoms with Gasteiger partial charge in [-0.2, -0.15) is 13.2 Å². The van der Waals surface area contributed by atoms with Crippen LogP contribution in [0.5, 0.6) is 0 Å². The molecule has 0 aromatic heterocycles. The third-order valence-electron chi connectivity index (χ3n) is 6.21. The van der Waals surface area contributed by atoms with Crippen LogP contribution in [0, 0.1) is 10.1 Å². The van der Waals surface area contributed by atoms with E-state index >= 15 is 0 Å². The van der Waals surface area contributed by atoms with Crippen LogP contribution < -0.4 is 10.4 Å². The van der Waals surface area contributed by atoms with Crippen molar-refractivity contribution in [3.63, 3.8) is 0 Å². The van der Waals surface area contributed by atoms with E-state index in [2.05, 4.69) is 15.5 Å². The zero-order valence-electron chi connectivity index (χ0n) is 18.6. The highest BCUT2D eigenvalue weighted by Gasteiger charge is 2.44. The Labute approximate surface area is 199 Å². The minimum Gasteiger partial charge on any atom is -0.369 e. The van der Waals surface area contributed by atoms with Gasteiger partial charge in [0.1, 0.15) is 11.7 Å². The standard InChI is InChI=1S/C21H24ClF3N6O3/c1-3-28(4-2)17-12-16(18-19(27-34-26-18)20(17)31(32)33)30-9-7-29(8-10-30)13-5-6-15(22)14(11-13)21(23,24)25/h5-6,11-12,18,26H,3-4,7-10H2,1-2H3. The molecule has 2 heterocycles. The summed E-state index contributed by atoms with van der Waals surface area (Å²) in [7, 11) is 0. The molecule has 0 radical (unpaired) electrons. The van der Waals surface area contributed by atoms with E-state index in [0.717, 1.165) is 11.8 Å². The molecule has 1 atom stereocenters. The van der Waals surface area contributed by atoms with Gasteiger partial charge in [0, 0.05) is 50.7 Å². The highest BCUT2D eigenvalue weighted by molar-refractivity contribution is 6.31. The van der Waals surface area contributed by atoms with Crippen LogP contribution in [0.4, 0.5) is 18.9 Å². The van der Waals surface area contributed by atoms with Gasteiger partial charge in [-0.25, -0.2) is 0 Å². The lowest BCUT2D eigenvalue weighted by Gasteiger charge is -2.41. The van der Waals surface area contributed by atoms with Crippen molar-refractivity contribution < 1.29 is 23.0 Å². The van der Waals surface area contributed by atoms with Crippen LogP contribution in [-0.2, 0) is 11.1 Å². The van der Waals surface area contributed by atoms with Crippen LogP contribution >= 0.6 is 11.6 Å². The van der Waals surface area contributed by atoms with Crippen molar-refractivity contribution in [2.24, 2.45) is 5.16 Å². The van der Waals surface area contributed by atoms with Gasteiger partial charge in [-0.3, -0.25) is 15.1 Å². The normalized spacial score (nSPS) is 20.6. The maximum atomic E-state index is 13.3. The first-order valence-corrected chi connectivity index (χ1v) is 11.2. The maximum Gasteiger partial charge on any atom is 0.417 e. The van der Waals surface area contributed by atoms with Gasteiger partial charge >= 0.3 is 11.9 Å². The Kier molecular flexibility index (Phi) is 6.63. The van der Waals surface area contributed by atoms with E-state index < -0.39 is 22.7 Å². The first-order valence-electron chi connectivity index (χ1n) is 10.9. The van der Waals surface area contributed by atoms with Gasteiger partial charge < -0.3 is 14.7 Å². The summed E-state index contributed by atoms with van der Waals surface area (Å²) in [6.45, 7) is 6.90. The van der Waals surface area contributed by atoms with Crippen molar-refractivity contribution in [1.29, 1.82) is 0 Å². The minimum atomic E-state index is -4.53. The monoisotopic (exact) mass is 500 g/mol. The molecule has 0 saturated carbocycles. The highest BCUT2D eigenvalue weighted by atomic mass is 35.5. The second-order valence-corrected chi connectivity index (χ2v) is 8.39. The highest BCUT2D eigenvalue weighted by Crippen LogP contribution is 2.37. The number of fused-ring (bicyclic) bond motifs is 1. The van der Waals surface area contributed by atoms with Gasteiger partial charge in [0.05, 0.1) is 15.5 Å². The summed E-state index contributed by atoms with van der Waals surface area (Å²) in [5.74, 6) is 0. The number of halogens is 4. The Hall–Kier alpha value is -2.99. The molecule has 0 spiro atoms. The van der Waals surface area contributed by atoms with Crippen molar-refractivity contribution in [3.8, 4) is 0 Å². The van der Waals surface area contributed by atoms with Crippen LogP contribution in [0.2, 0.25) is 5.02 Å². The molecule has 4 rings (SSSR count). The first kappa shape index (κ1) is 24.1. The smallest absolute Gasteiger partial charge is 0.369 e. The Morgan fingerprint density at radius 3 is 2.47 bits per heavy atom. The molecule has 34 heavy (non-hydrogen) atoms. The summed E-state index contributed by atoms with van der Waals surface area (Å²) in [4.78, 5) is 22.2. The van der Waals surface area contributed by atoms with Gasteiger partial charge in [0.2, 0.25) is 0 Å². The molecule has 3 aliphatic rings. The molecule has 1 fully saturated rings. The Balaban J connectivity index is 1.59. The molecule has 13 heteroatoms. The molecule has 0 bridgehead atoms. The lowest BCUT2D eigenvalue weighted by Crippen LogP contribution is -2.51. The third-order valence-corrected chi connectivity index (χ3v) is 6.54. The van der Waals surface area contributed by atoms with Gasteiger partial charge in [0.25, 0.3) is 0 Å². The van der Waals surface area contributed by atoms with E-state index in [1.807, 2.05) is 23.6 Å². The number of piperazine rings is 1. The molecule has 2 aliphatic heterocycles. The Bertz CT molecular complexity index is 1060. The molecular formula is C21H24ClF3N6O3. The summed E-state index contributed by atoms with van der Waals surface area (Å²) in [6.07, 6.45) is -2.75. The number of nitrogens with zero attached hydrogens (tertiary/aromatic N) is 5. The first-order chi connectivity index (χ1) is 16.2. The number of benzene rings is 1. The molecule has 1 N–H and O–H groups in total. The summed E-state index contributed by atoms with van der Waals surface area (Å²) < 4.78 is 39.8. The number of hydrogen-bond donors (Lipinski definition) is 1. The average Bonchev–Trinajstić information content (AvgIpc) is 3.28. The fraction of sp³-hybridized carbons (Fsp3) is 0.476. The van der Waals surface area contributed by atoms with Crippen LogP contribution in [0.25, 0.3) is 0 Å². The number of allylic oxidation sites excluding steroid dienone is 1. The molecule has 1 unspecified atom stereocenters. The van der Waals surface area contributed by atoms with Crippen molar-refractivity contribution in [2.75, 3.05) is 44.2 Å². The molecular weight excluding hydrogens is 477 g/mol. The van der Waals surface area contributed by atoms with Gasteiger partial charge in [0.15, 0.2) is 5.71 Å². The van der Waals surface area contributed by atoms with Crippen molar-refractivity contribution in [3.05, 3.63) is 62.1 Å². The predicted molar refractivity (Wildman–Crippen MR) is 121 cm³/mol. The SMILES string of the molecule is CCN(CC)C1=C([N+](=O)[O-])C2=NONC2C(N2CCN(c3ccc(Cl)c(C(F)(F)F)c3)CC2)=C1. The summed E-state index contributed by atoms with van der Waals surface area (Å²) in [5, 5.41) is 15.4. The van der Waals surface area contributed by atoms with E-state index in [0.29, 0.717) is 50.7 Å². The second-order valence-electron chi connectivity index (χ2n) is 7.99. The number of alkyl halides is 3. The number of oxime groups is 1. The zero-order chi connectivity index (χ0) is 24.6. The summed E-state index contributed by atoms with van der Waals surface area (Å²) in [5.41, 5.74) is 3.66. The van der Waals surface area contributed by atoms with E-state index in [1.54, 1.807) is 12.1 Å². The fourth-order valence-corrected chi connectivity index (χ4v) is 4.68. The molecule has 9 nitrogen and oxygen atoms in total. The van der Waals surface area contributed by atoms with Crippen molar-refractivity contribution in [2.45, 2.75) is 26.1 Å². The van der Waals surface area contributed by atoms with E-state index in [1.165, 1.54) is 6.07 Å².